The second-order valence-corrected chi connectivity index (χ2v) is 4.41. The summed E-state index contributed by atoms with van der Waals surface area (Å²) in [7, 11) is 1.50. The van der Waals surface area contributed by atoms with Gasteiger partial charge >= 0.3 is 0 Å². The maximum absolute atomic E-state index is 10.5. The number of rotatable bonds is 2. The second-order valence-electron chi connectivity index (χ2n) is 2.17. The monoisotopic (exact) mass is 405 g/mol. The van der Waals surface area contributed by atoms with Crippen LogP contribution in [-0.4, -0.2) is 12.0 Å². The van der Waals surface area contributed by atoms with Crippen LogP contribution >= 0.6 is 45.2 Å². The molecule has 1 rings (SSSR count). The van der Waals surface area contributed by atoms with Crippen molar-refractivity contribution in [2.75, 3.05) is 7.11 Å². The molecule has 1 aromatic carbocycles. The van der Waals surface area contributed by atoms with Gasteiger partial charge in [0, 0.05) is 6.07 Å². The zero-order valence-corrected chi connectivity index (χ0v) is 10.9. The molecule has 6 heteroatoms. The van der Waals surface area contributed by atoms with E-state index in [4.69, 9.17) is 4.74 Å². The molecule has 0 saturated carbocycles. The molecule has 0 aliphatic rings. The Bertz CT molecular complexity index is 354. The Kier molecular flexibility index (Phi) is 3.71. The van der Waals surface area contributed by atoms with E-state index < -0.39 is 4.92 Å². The van der Waals surface area contributed by atoms with E-state index in [9.17, 15) is 10.1 Å². The van der Waals surface area contributed by atoms with Gasteiger partial charge in [0.15, 0.2) is 5.75 Å². The van der Waals surface area contributed by atoms with Crippen molar-refractivity contribution in [1.82, 2.24) is 0 Å². The van der Waals surface area contributed by atoms with Crippen molar-refractivity contribution in [1.29, 1.82) is 0 Å². The molecule has 0 N–H and O–H groups in total. The molecule has 0 saturated heterocycles. The predicted molar refractivity (Wildman–Crippen MR) is 65.1 cm³/mol. The second kappa shape index (κ2) is 4.40. The first-order chi connectivity index (χ1) is 6.07. The first kappa shape index (κ1) is 11.0. The summed E-state index contributed by atoms with van der Waals surface area (Å²) in [6.07, 6.45) is 0. The molecule has 0 amide bonds. The van der Waals surface area contributed by atoms with E-state index in [0.29, 0.717) is 9.32 Å². The lowest BCUT2D eigenvalue weighted by Gasteiger charge is -2.05. The molecule has 0 fully saturated rings. The van der Waals surface area contributed by atoms with Crippen molar-refractivity contribution >= 4 is 50.9 Å². The van der Waals surface area contributed by atoms with Crippen LogP contribution in [0.3, 0.4) is 0 Å². The lowest BCUT2D eigenvalue weighted by Crippen LogP contribution is -1.96. The average Bonchev–Trinajstić information content (AvgIpc) is 2.04. The van der Waals surface area contributed by atoms with Gasteiger partial charge in [-0.25, -0.2) is 0 Å². The fraction of sp³-hybridized carbons (Fsp3) is 0.143. The van der Waals surface area contributed by atoms with Crippen molar-refractivity contribution in [3.8, 4) is 5.75 Å². The summed E-state index contributed by atoms with van der Waals surface area (Å²) in [5.74, 6) is 0.565. The number of halogens is 2. The van der Waals surface area contributed by atoms with Crippen LogP contribution in [0.1, 0.15) is 0 Å². The molecule has 0 spiro atoms. The standard InChI is InChI=1S/C7H5I2NO3/c1-13-7-4(8)2-3-5(6(7)9)10(11)12/h2-3H,1H3. The third-order valence-electron chi connectivity index (χ3n) is 1.43. The molecule has 0 aliphatic heterocycles. The molecule has 0 atom stereocenters. The van der Waals surface area contributed by atoms with Gasteiger partial charge in [0.1, 0.15) is 3.57 Å². The number of nitro groups is 1. The van der Waals surface area contributed by atoms with Crippen molar-refractivity contribution < 1.29 is 9.66 Å². The summed E-state index contributed by atoms with van der Waals surface area (Å²) in [5, 5.41) is 10.5. The number of methoxy groups -OCH3 is 1. The number of nitrogens with zero attached hydrogens (tertiary/aromatic N) is 1. The van der Waals surface area contributed by atoms with Gasteiger partial charge in [0.25, 0.3) is 5.69 Å². The third-order valence-corrected chi connectivity index (χ3v) is 3.32. The maximum Gasteiger partial charge on any atom is 0.286 e. The van der Waals surface area contributed by atoms with Gasteiger partial charge in [-0.1, -0.05) is 0 Å². The summed E-state index contributed by atoms with van der Waals surface area (Å²) in [6, 6.07) is 3.14. The average molecular weight is 405 g/mol. The van der Waals surface area contributed by atoms with Crippen molar-refractivity contribution in [3.05, 3.63) is 29.4 Å². The summed E-state index contributed by atoms with van der Waals surface area (Å²) >= 11 is 3.98. The Hall–Kier alpha value is -0.120. The van der Waals surface area contributed by atoms with Crippen LogP contribution in [0.15, 0.2) is 12.1 Å². The fourth-order valence-corrected chi connectivity index (χ4v) is 2.92. The van der Waals surface area contributed by atoms with Gasteiger partial charge in [0.05, 0.1) is 15.6 Å². The zero-order valence-electron chi connectivity index (χ0n) is 6.58. The molecule has 0 unspecified atom stereocenters. The van der Waals surface area contributed by atoms with E-state index in [2.05, 4.69) is 22.6 Å². The molecular weight excluding hydrogens is 400 g/mol. The van der Waals surface area contributed by atoms with E-state index in [-0.39, 0.29) is 5.69 Å². The number of hydrogen-bond acceptors (Lipinski definition) is 3. The van der Waals surface area contributed by atoms with Crippen LogP contribution in [0.5, 0.6) is 5.75 Å². The Labute approximate surface area is 102 Å². The van der Waals surface area contributed by atoms with Gasteiger partial charge in [-0.2, -0.15) is 0 Å². The molecule has 4 nitrogen and oxygen atoms in total. The Morgan fingerprint density at radius 2 is 2.08 bits per heavy atom. The highest BCUT2D eigenvalue weighted by atomic mass is 127. The van der Waals surface area contributed by atoms with Gasteiger partial charge in [-0.05, 0) is 51.2 Å². The molecule has 0 radical (unpaired) electrons. The zero-order chi connectivity index (χ0) is 10.0. The minimum Gasteiger partial charge on any atom is -0.494 e. The molecule has 0 heterocycles. The minimum atomic E-state index is -0.416. The summed E-state index contributed by atoms with van der Waals surface area (Å²) in [5.41, 5.74) is 0.0814. The predicted octanol–water partition coefficient (Wildman–Crippen LogP) is 2.81. The van der Waals surface area contributed by atoms with Crippen LogP contribution in [-0.2, 0) is 0 Å². The van der Waals surface area contributed by atoms with Gasteiger partial charge < -0.3 is 4.74 Å². The van der Waals surface area contributed by atoms with Crippen LogP contribution < -0.4 is 4.74 Å². The van der Waals surface area contributed by atoms with Crippen LogP contribution in [0.2, 0.25) is 0 Å². The lowest BCUT2D eigenvalue weighted by molar-refractivity contribution is -0.385. The largest absolute Gasteiger partial charge is 0.494 e. The first-order valence-corrected chi connectivity index (χ1v) is 5.40. The first-order valence-electron chi connectivity index (χ1n) is 3.24. The smallest absolute Gasteiger partial charge is 0.286 e. The van der Waals surface area contributed by atoms with E-state index in [1.807, 2.05) is 22.6 Å². The summed E-state index contributed by atoms with van der Waals surface area (Å²) < 4.78 is 6.46. The number of benzene rings is 1. The topological polar surface area (TPSA) is 52.4 Å². The highest BCUT2D eigenvalue weighted by Gasteiger charge is 2.17. The van der Waals surface area contributed by atoms with Crippen molar-refractivity contribution in [2.24, 2.45) is 0 Å². The van der Waals surface area contributed by atoms with Crippen molar-refractivity contribution in [2.45, 2.75) is 0 Å². The molecular formula is C7H5I2NO3. The highest BCUT2D eigenvalue weighted by Crippen LogP contribution is 2.33. The highest BCUT2D eigenvalue weighted by molar-refractivity contribution is 14.1. The Balaban J connectivity index is 3.35. The number of ether oxygens (including phenoxy) is 1. The quantitative estimate of drug-likeness (QED) is 0.432. The number of nitro benzene ring substituents is 1. The van der Waals surface area contributed by atoms with Crippen LogP contribution in [0, 0.1) is 17.3 Å². The van der Waals surface area contributed by atoms with E-state index in [1.54, 1.807) is 6.07 Å². The van der Waals surface area contributed by atoms with Gasteiger partial charge in [-0.15, -0.1) is 0 Å². The molecule has 0 aromatic heterocycles. The maximum atomic E-state index is 10.5. The van der Waals surface area contributed by atoms with Crippen molar-refractivity contribution in [3.63, 3.8) is 0 Å². The fourth-order valence-electron chi connectivity index (χ4n) is 0.850. The molecule has 13 heavy (non-hydrogen) atoms. The van der Waals surface area contributed by atoms with Gasteiger partial charge in [-0.3, -0.25) is 10.1 Å². The SMILES string of the molecule is COc1c(I)ccc([N+](=O)[O-])c1I. The van der Waals surface area contributed by atoms with E-state index >= 15 is 0 Å². The van der Waals surface area contributed by atoms with Crippen LogP contribution in [0.25, 0.3) is 0 Å². The molecule has 0 aliphatic carbocycles. The molecule has 0 bridgehead atoms. The summed E-state index contributed by atoms with van der Waals surface area (Å²) in [6.45, 7) is 0. The van der Waals surface area contributed by atoms with E-state index in [1.165, 1.54) is 13.2 Å². The normalized spacial score (nSPS) is 9.77. The number of hydrogen-bond donors (Lipinski definition) is 0. The van der Waals surface area contributed by atoms with E-state index in [0.717, 1.165) is 3.57 Å². The lowest BCUT2D eigenvalue weighted by atomic mass is 10.3. The van der Waals surface area contributed by atoms with Gasteiger partial charge in [0.2, 0.25) is 0 Å². The third kappa shape index (κ3) is 2.22. The molecule has 70 valence electrons. The molecule has 1 aromatic rings. The summed E-state index contributed by atoms with van der Waals surface area (Å²) in [4.78, 5) is 10.1. The van der Waals surface area contributed by atoms with Crippen LogP contribution in [0.4, 0.5) is 5.69 Å². The Morgan fingerprint density at radius 3 is 2.54 bits per heavy atom. The Morgan fingerprint density at radius 1 is 1.46 bits per heavy atom. The minimum absolute atomic E-state index is 0.0814.